The molecule has 0 unspecified atom stereocenters. The fraction of sp³-hybridized carbons (Fsp3) is 0.571. The lowest BCUT2D eigenvalue weighted by molar-refractivity contribution is 0.0735. The van der Waals surface area contributed by atoms with Crippen LogP contribution in [0, 0.1) is 5.92 Å². The molecule has 2 rings (SSSR count). The summed E-state index contributed by atoms with van der Waals surface area (Å²) in [6.07, 6.45) is 4.89. The highest BCUT2D eigenvalue weighted by molar-refractivity contribution is 5.95. The first-order chi connectivity index (χ1) is 9.11. The monoisotopic (exact) mass is 262 g/mol. The Morgan fingerprint density at radius 2 is 2.32 bits per heavy atom. The summed E-state index contributed by atoms with van der Waals surface area (Å²) in [5, 5.41) is 0. The van der Waals surface area contributed by atoms with Crippen molar-refractivity contribution in [3.05, 3.63) is 23.9 Å². The van der Waals surface area contributed by atoms with E-state index in [2.05, 4.69) is 24.3 Å². The molecular formula is C14H22N4O. The molecule has 1 heterocycles. The Balaban J connectivity index is 2.09. The molecule has 0 atom stereocenters. The molecule has 0 aromatic carbocycles. The summed E-state index contributed by atoms with van der Waals surface area (Å²) >= 11 is 0. The molecule has 3 N–H and O–H groups in total. The number of nitrogens with zero attached hydrogens (tertiary/aromatic N) is 2. The lowest BCUT2D eigenvalue weighted by Crippen LogP contribution is -2.34. The van der Waals surface area contributed by atoms with Crippen LogP contribution in [0.5, 0.6) is 0 Å². The zero-order valence-corrected chi connectivity index (χ0v) is 11.6. The molecule has 1 saturated carbocycles. The molecule has 1 aromatic heterocycles. The minimum absolute atomic E-state index is 0.0852. The van der Waals surface area contributed by atoms with E-state index in [1.165, 1.54) is 0 Å². The third-order valence-electron chi connectivity index (χ3n) is 3.35. The largest absolute Gasteiger partial charge is 0.336 e. The maximum Gasteiger partial charge on any atom is 0.254 e. The van der Waals surface area contributed by atoms with Gasteiger partial charge in [0.25, 0.3) is 5.91 Å². The molecule has 0 bridgehead atoms. The number of hydrogen-bond acceptors (Lipinski definition) is 4. The van der Waals surface area contributed by atoms with Gasteiger partial charge in [-0.2, -0.15) is 0 Å². The highest BCUT2D eigenvalue weighted by Gasteiger charge is 2.32. The molecule has 1 aliphatic rings. The molecule has 5 heteroatoms. The van der Waals surface area contributed by atoms with E-state index in [-0.39, 0.29) is 5.91 Å². The van der Waals surface area contributed by atoms with Gasteiger partial charge in [-0.3, -0.25) is 4.79 Å². The normalized spacial score (nSPS) is 14.5. The van der Waals surface area contributed by atoms with Crippen LogP contribution in [0.15, 0.2) is 18.3 Å². The molecule has 0 spiro atoms. The number of amides is 1. The first-order valence-corrected chi connectivity index (χ1v) is 6.85. The van der Waals surface area contributed by atoms with Crippen molar-refractivity contribution >= 4 is 11.7 Å². The number of nitrogen functional groups attached to an aromatic ring is 1. The van der Waals surface area contributed by atoms with E-state index in [1.54, 1.807) is 18.3 Å². The Hall–Kier alpha value is -1.62. The van der Waals surface area contributed by atoms with Crippen LogP contribution < -0.4 is 11.3 Å². The third-order valence-corrected chi connectivity index (χ3v) is 3.35. The van der Waals surface area contributed by atoms with E-state index in [1.807, 2.05) is 4.90 Å². The average molecular weight is 262 g/mol. The molecule has 1 aliphatic carbocycles. The summed E-state index contributed by atoms with van der Waals surface area (Å²) in [6.45, 7) is 5.19. The number of carbonyl (C=O) groups is 1. The van der Waals surface area contributed by atoms with Gasteiger partial charge in [-0.25, -0.2) is 10.8 Å². The van der Waals surface area contributed by atoms with Crippen molar-refractivity contribution in [2.75, 3.05) is 12.0 Å². The van der Waals surface area contributed by atoms with E-state index in [9.17, 15) is 4.79 Å². The van der Waals surface area contributed by atoms with Crippen molar-refractivity contribution in [2.24, 2.45) is 11.8 Å². The Morgan fingerprint density at radius 1 is 1.58 bits per heavy atom. The zero-order valence-electron chi connectivity index (χ0n) is 11.6. The van der Waals surface area contributed by atoms with Gasteiger partial charge in [0.15, 0.2) is 0 Å². The van der Waals surface area contributed by atoms with E-state index in [0.717, 1.165) is 25.8 Å². The SMILES string of the molecule is CC(C)CCN(C(=O)c1ccnc(NN)c1)C1CC1. The molecule has 0 saturated heterocycles. The van der Waals surface area contributed by atoms with Gasteiger partial charge in [0.05, 0.1) is 0 Å². The van der Waals surface area contributed by atoms with E-state index in [4.69, 9.17) is 5.84 Å². The summed E-state index contributed by atoms with van der Waals surface area (Å²) in [5.74, 6) is 6.54. The number of aromatic nitrogens is 1. The number of pyridine rings is 1. The van der Waals surface area contributed by atoms with Gasteiger partial charge >= 0.3 is 0 Å². The van der Waals surface area contributed by atoms with Crippen molar-refractivity contribution in [1.29, 1.82) is 0 Å². The minimum atomic E-state index is 0.0852. The molecule has 104 valence electrons. The Morgan fingerprint density at radius 3 is 2.89 bits per heavy atom. The molecule has 0 radical (unpaired) electrons. The maximum absolute atomic E-state index is 12.5. The second kappa shape index (κ2) is 6.02. The smallest absolute Gasteiger partial charge is 0.254 e. The fourth-order valence-electron chi connectivity index (χ4n) is 2.04. The van der Waals surface area contributed by atoms with Crippen LogP contribution in [-0.4, -0.2) is 28.4 Å². The zero-order chi connectivity index (χ0) is 13.8. The predicted molar refractivity (Wildman–Crippen MR) is 75.6 cm³/mol. The van der Waals surface area contributed by atoms with Gasteiger partial charge in [0.1, 0.15) is 5.82 Å². The number of rotatable bonds is 6. The van der Waals surface area contributed by atoms with Gasteiger partial charge in [-0.05, 0) is 37.3 Å². The van der Waals surface area contributed by atoms with Crippen LogP contribution in [0.2, 0.25) is 0 Å². The van der Waals surface area contributed by atoms with Gasteiger partial charge in [0.2, 0.25) is 0 Å². The van der Waals surface area contributed by atoms with Gasteiger partial charge in [-0.15, -0.1) is 0 Å². The van der Waals surface area contributed by atoms with Gasteiger partial charge < -0.3 is 10.3 Å². The Bertz CT molecular complexity index is 443. The van der Waals surface area contributed by atoms with Crippen molar-refractivity contribution in [1.82, 2.24) is 9.88 Å². The van der Waals surface area contributed by atoms with E-state index >= 15 is 0 Å². The van der Waals surface area contributed by atoms with E-state index in [0.29, 0.717) is 23.3 Å². The topological polar surface area (TPSA) is 71.2 Å². The first kappa shape index (κ1) is 13.8. The molecule has 1 fully saturated rings. The molecule has 19 heavy (non-hydrogen) atoms. The van der Waals surface area contributed by atoms with E-state index < -0.39 is 0 Å². The summed E-state index contributed by atoms with van der Waals surface area (Å²) in [4.78, 5) is 18.6. The van der Waals surface area contributed by atoms with Crippen molar-refractivity contribution in [2.45, 2.75) is 39.2 Å². The van der Waals surface area contributed by atoms with Crippen molar-refractivity contribution < 1.29 is 4.79 Å². The quantitative estimate of drug-likeness (QED) is 0.608. The Labute approximate surface area is 114 Å². The lowest BCUT2D eigenvalue weighted by atomic mass is 10.1. The molecule has 1 aromatic rings. The number of hydrazine groups is 1. The first-order valence-electron chi connectivity index (χ1n) is 6.85. The van der Waals surface area contributed by atoms with Crippen molar-refractivity contribution in [3.63, 3.8) is 0 Å². The number of nitrogens with two attached hydrogens (primary N) is 1. The van der Waals surface area contributed by atoms with Crippen LogP contribution in [0.3, 0.4) is 0 Å². The number of hydrogen-bond donors (Lipinski definition) is 2. The fourth-order valence-corrected chi connectivity index (χ4v) is 2.04. The van der Waals surface area contributed by atoms with Crippen LogP contribution in [0.4, 0.5) is 5.82 Å². The molecular weight excluding hydrogens is 240 g/mol. The third kappa shape index (κ3) is 3.67. The lowest BCUT2D eigenvalue weighted by Gasteiger charge is -2.23. The van der Waals surface area contributed by atoms with Crippen LogP contribution >= 0.6 is 0 Å². The summed E-state index contributed by atoms with van der Waals surface area (Å²) < 4.78 is 0. The molecule has 5 nitrogen and oxygen atoms in total. The average Bonchev–Trinajstić information content (AvgIpc) is 3.23. The van der Waals surface area contributed by atoms with Gasteiger partial charge in [-0.1, -0.05) is 13.8 Å². The summed E-state index contributed by atoms with van der Waals surface area (Å²) in [5.41, 5.74) is 3.13. The summed E-state index contributed by atoms with van der Waals surface area (Å²) in [6, 6.07) is 3.87. The molecule has 1 amide bonds. The second-order valence-corrected chi connectivity index (χ2v) is 5.49. The minimum Gasteiger partial charge on any atom is -0.336 e. The number of carbonyl (C=O) groups excluding carboxylic acids is 1. The predicted octanol–water partition coefficient (Wildman–Crippen LogP) is 2.02. The maximum atomic E-state index is 12.5. The highest BCUT2D eigenvalue weighted by Crippen LogP contribution is 2.29. The second-order valence-electron chi connectivity index (χ2n) is 5.49. The number of anilines is 1. The Kier molecular flexibility index (Phi) is 4.37. The van der Waals surface area contributed by atoms with Crippen LogP contribution in [0.25, 0.3) is 0 Å². The summed E-state index contributed by atoms with van der Waals surface area (Å²) in [7, 11) is 0. The van der Waals surface area contributed by atoms with Crippen LogP contribution in [-0.2, 0) is 0 Å². The van der Waals surface area contributed by atoms with Gasteiger partial charge in [0, 0.05) is 24.3 Å². The van der Waals surface area contributed by atoms with Crippen LogP contribution in [0.1, 0.15) is 43.5 Å². The highest BCUT2D eigenvalue weighted by atomic mass is 16.2. The standard InChI is InChI=1S/C14H22N4O/c1-10(2)6-8-18(12-3-4-12)14(19)11-5-7-16-13(9-11)17-15/h5,7,9-10,12H,3-4,6,8,15H2,1-2H3,(H,16,17). The van der Waals surface area contributed by atoms with Crippen molar-refractivity contribution in [3.8, 4) is 0 Å². The number of nitrogens with one attached hydrogen (secondary N) is 1. The molecule has 0 aliphatic heterocycles.